The molecule has 0 aliphatic carbocycles. The van der Waals surface area contributed by atoms with Crippen molar-refractivity contribution in [3.05, 3.63) is 95.7 Å². The molecule has 182 valence electrons. The molecule has 36 heavy (non-hydrogen) atoms. The smallest absolute Gasteiger partial charge is 0.300 e. The second-order valence-corrected chi connectivity index (χ2v) is 8.35. The molecule has 7 heteroatoms. The van der Waals surface area contributed by atoms with Crippen LogP contribution in [0.3, 0.4) is 0 Å². The highest BCUT2D eigenvalue weighted by atomic mass is 16.5. The highest BCUT2D eigenvalue weighted by molar-refractivity contribution is 6.51. The molecule has 2 heterocycles. The highest BCUT2D eigenvalue weighted by Gasteiger charge is 2.47. The molecule has 1 aliphatic rings. The molecule has 1 aromatic heterocycles. The van der Waals surface area contributed by atoms with Gasteiger partial charge in [0.15, 0.2) is 0 Å². The number of fused-ring (bicyclic) bond motifs is 1. The van der Waals surface area contributed by atoms with E-state index in [4.69, 9.17) is 9.47 Å². The number of hydrogen-bond acceptors (Lipinski definition) is 5. The van der Waals surface area contributed by atoms with Crippen LogP contribution in [0, 0.1) is 0 Å². The third kappa shape index (κ3) is 3.98. The van der Waals surface area contributed by atoms with Crippen molar-refractivity contribution in [2.75, 3.05) is 18.1 Å². The van der Waals surface area contributed by atoms with E-state index in [1.807, 2.05) is 56.3 Å². The van der Waals surface area contributed by atoms with Gasteiger partial charge in [-0.25, -0.2) is 0 Å². The van der Waals surface area contributed by atoms with Gasteiger partial charge in [0.05, 0.1) is 24.8 Å². The van der Waals surface area contributed by atoms with Gasteiger partial charge in [-0.15, -0.1) is 0 Å². The number of hydrogen-bond donors (Lipinski definition) is 2. The maximum absolute atomic E-state index is 13.5. The van der Waals surface area contributed by atoms with Crippen molar-refractivity contribution in [3.8, 4) is 11.5 Å². The van der Waals surface area contributed by atoms with Crippen molar-refractivity contribution >= 4 is 34.0 Å². The molecular formula is C29H26N2O5. The Kier molecular flexibility index (Phi) is 6.21. The Morgan fingerprint density at radius 3 is 2.36 bits per heavy atom. The topological polar surface area (TPSA) is 91.9 Å². The Morgan fingerprint density at radius 2 is 1.61 bits per heavy atom. The highest BCUT2D eigenvalue weighted by Crippen LogP contribution is 2.44. The minimum Gasteiger partial charge on any atom is -0.507 e. The number of anilines is 1. The van der Waals surface area contributed by atoms with Gasteiger partial charge in [0.1, 0.15) is 17.3 Å². The van der Waals surface area contributed by atoms with Crippen LogP contribution in [0.2, 0.25) is 0 Å². The molecule has 0 saturated carbocycles. The number of nitrogens with one attached hydrogen (secondary N) is 1. The fraction of sp³-hybridized carbons (Fsp3) is 0.172. The van der Waals surface area contributed by atoms with Gasteiger partial charge >= 0.3 is 0 Å². The Hall–Kier alpha value is -4.52. The summed E-state index contributed by atoms with van der Waals surface area (Å²) < 4.78 is 11.3. The number of aliphatic hydroxyl groups excluding tert-OH is 1. The van der Waals surface area contributed by atoms with Crippen LogP contribution in [-0.4, -0.2) is 35.0 Å². The fourth-order valence-corrected chi connectivity index (χ4v) is 4.66. The number of ether oxygens (including phenoxy) is 2. The maximum Gasteiger partial charge on any atom is 0.300 e. The van der Waals surface area contributed by atoms with E-state index in [2.05, 4.69) is 4.98 Å². The molecule has 1 atom stereocenters. The lowest BCUT2D eigenvalue weighted by atomic mass is 9.94. The van der Waals surface area contributed by atoms with Crippen LogP contribution in [-0.2, 0) is 9.59 Å². The average Bonchev–Trinajstić information content (AvgIpc) is 3.43. The summed E-state index contributed by atoms with van der Waals surface area (Å²) in [5, 5.41) is 12.3. The molecule has 3 aromatic carbocycles. The number of carbonyl (C=O) groups excluding carboxylic acids is 2. The summed E-state index contributed by atoms with van der Waals surface area (Å²) in [6.07, 6.45) is 1.65. The molecule has 0 spiro atoms. The third-order valence-electron chi connectivity index (χ3n) is 6.18. The zero-order chi connectivity index (χ0) is 25.2. The van der Waals surface area contributed by atoms with E-state index in [0.29, 0.717) is 41.5 Å². The number of ketones is 1. The van der Waals surface area contributed by atoms with Gasteiger partial charge in [-0.05, 0) is 49.7 Å². The number of nitrogens with zero attached hydrogens (tertiary/aromatic N) is 1. The average molecular weight is 483 g/mol. The summed E-state index contributed by atoms with van der Waals surface area (Å²) in [6.45, 7) is 4.69. The van der Waals surface area contributed by atoms with E-state index in [9.17, 15) is 14.7 Å². The molecule has 2 N–H and O–H groups in total. The van der Waals surface area contributed by atoms with Crippen molar-refractivity contribution < 1.29 is 24.2 Å². The summed E-state index contributed by atoms with van der Waals surface area (Å²) in [7, 11) is 0. The summed E-state index contributed by atoms with van der Waals surface area (Å²) >= 11 is 0. The molecule has 4 aromatic rings. The van der Waals surface area contributed by atoms with Crippen LogP contribution >= 0.6 is 0 Å². The Morgan fingerprint density at radius 1 is 0.917 bits per heavy atom. The molecule has 1 unspecified atom stereocenters. The van der Waals surface area contributed by atoms with Gasteiger partial charge in [-0.1, -0.05) is 36.4 Å². The first-order valence-electron chi connectivity index (χ1n) is 11.9. The zero-order valence-corrected chi connectivity index (χ0v) is 20.0. The van der Waals surface area contributed by atoms with E-state index in [1.54, 1.807) is 36.5 Å². The Balaban J connectivity index is 1.73. The molecule has 7 nitrogen and oxygen atoms in total. The van der Waals surface area contributed by atoms with Gasteiger partial charge in [0.2, 0.25) is 0 Å². The molecule has 1 saturated heterocycles. The second kappa shape index (κ2) is 9.62. The fourth-order valence-electron chi connectivity index (χ4n) is 4.66. The number of rotatable bonds is 7. The first-order chi connectivity index (χ1) is 17.5. The standard InChI is InChI=1S/C29H26N2O5/c1-3-35-20-11-7-9-18(15-20)26-25(27(32)23-17-30-24-14-6-5-13-22(23)24)28(33)29(34)31(26)19-10-8-12-21(16-19)36-4-2/h5-17,26,30,32H,3-4H2,1-2H3/b27-25-. The SMILES string of the molecule is CCOc1cccc(C2/C(=C(/O)c3c[nH]c4ccccc34)C(=O)C(=O)N2c2cccc(OCC)c2)c1. The van der Waals surface area contributed by atoms with Gasteiger partial charge in [-0.3, -0.25) is 14.5 Å². The predicted octanol–water partition coefficient (Wildman–Crippen LogP) is 5.59. The predicted molar refractivity (Wildman–Crippen MR) is 138 cm³/mol. The van der Waals surface area contributed by atoms with Crippen LogP contribution in [0.15, 0.2) is 84.6 Å². The number of aliphatic hydroxyl groups is 1. The van der Waals surface area contributed by atoms with Gasteiger partial charge in [0.25, 0.3) is 11.7 Å². The minimum atomic E-state index is -0.865. The van der Waals surface area contributed by atoms with Gasteiger partial charge in [-0.2, -0.15) is 0 Å². The monoisotopic (exact) mass is 482 g/mol. The van der Waals surface area contributed by atoms with Crippen LogP contribution in [0.4, 0.5) is 5.69 Å². The van der Waals surface area contributed by atoms with E-state index >= 15 is 0 Å². The first kappa shape index (κ1) is 23.2. The van der Waals surface area contributed by atoms with Crippen LogP contribution in [0.5, 0.6) is 11.5 Å². The number of benzene rings is 3. The molecule has 0 bridgehead atoms. The minimum absolute atomic E-state index is 0.0141. The summed E-state index contributed by atoms with van der Waals surface area (Å²) in [5.41, 5.74) is 2.42. The number of H-pyrrole nitrogens is 1. The van der Waals surface area contributed by atoms with E-state index in [0.717, 1.165) is 10.9 Å². The van der Waals surface area contributed by atoms with Crippen molar-refractivity contribution in [1.82, 2.24) is 4.98 Å². The molecular weight excluding hydrogens is 456 g/mol. The second-order valence-electron chi connectivity index (χ2n) is 8.35. The van der Waals surface area contributed by atoms with Crippen molar-refractivity contribution in [2.24, 2.45) is 0 Å². The Labute approximate surface area is 208 Å². The zero-order valence-electron chi connectivity index (χ0n) is 20.0. The summed E-state index contributed by atoms with van der Waals surface area (Å²) in [4.78, 5) is 31.5. The largest absolute Gasteiger partial charge is 0.507 e. The van der Waals surface area contributed by atoms with E-state index in [1.165, 1.54) is 4.90 Å². The number of carbonyl (C=O) groups is 2. The van der Waals surface area contributed by atoms with E-state index in [-0.39, 0.29) is 11.3 Å². The first-order valence-corrected chi connectivity index (χ1v) is 11.9. The van der Waals surface area contributed by atoms with Gasteiger partial charge in [0, 0.05) is 34.4 Å². The number of aromatic nitrogens is 1. The van der Waals surface area contributed by atoms with Crippen molar-refractivity contribution in [2.45, 2.75) is 19.9 Å². The molecule has 1 amide bonds. The lowest BCUT2D eigenvalue weighted by Crippen LogP contribution is -2.29. The number of aromatic amines is 1. The maximum atomic E-state index is 13.5. The van der Waals surface area contributed by atoms with Crippen molar-refractivity contribution in [1.29, 1.82) is 0 Å². The third-order valence-corrected chi connectivity index (χ3v) is 6.18. The number of Topliss-reactive ketones (excluding diaryl/α,β-unsaturated/α-hetero) is 1. The van der Waals surface area contributed by atoms with Crippen LogP contribution in [0.1, 0.15) is 31.0 Å². The molecule has 1 aliphatic heterocycles. The summed E-state index contributed by atoms with van der Waals surface area (Å²) in [6, 6.07) is 20.9. The van der Waals surface area contributed by atoms with Crippen LogP contribution in [0.25, 0.3) is 16.7 Å². The number of para-hydroxylation sites is 1. The van der Waals surface area contributed by atoms with Gasteiger partial charge < -0.3 is 19.6 Å². The van der Waals surface area contributed by atoms with E-state index < -0.39 is 17.7 Å². The molecule has 0 radical (unpaired) electrons. The van der Waals surface area contributed by atoms with Crippen LogP contribution < -0.4 is 14.4 Å². The van der Waals surface area contributed by atoms with Crippen molar-refractivity contribution in [3.63, 3.8) is 0 Å². The molecule has 1 fully saturated rings. The Bertz CT molecular complexity index is 1490. The molecule has 5 rings (SSSR count). The quantitative estimate of drug-likeness (QED) is 0.203. The lowest BCUT2D eigenvalue weighted by molar-refractivity contribution is -0.132. The lowest BCUT2D eigenvalue weighted by Gasteiger charge is -2.26. The normalized spacial score (nSPS) is 17.1. The summed E-state index contributed by atoms with van der Waals surface area (Å²) in [5.74, 6) is -0.532. The number of amides is 1.